The summed E-state index contributed by atoms with van der Waals surface area (Å²) in [7, 11) is 0. The van der Waals surface area contributed by atoms with Gasteiger partial charge in [0.15, 0.2) is 0 Å². The van der Waals surface area contributed by atoms with Crippen molar-refractivity contribution >= 4 is 39.2 Å². The molecule has 2 aromatic heterocycles. The van der Waals surface area contributed by atoms with Gasteiger partial charge >= 0.3 is 6.01 Å². The number of aromatic nitrogens is 3. The van der Waals surface area contributed by atoms with Crippen LogP contribution in [0.3, 0.4) is 0 Å². The molecule has 0 unspecified atom stereocenters. The van der Waals surface area contributed by atoms with E-state index < -0.39 is 0 Å². The Hall–Kier alpha value is -2.06. The number of halogens is 1. The minimum atomic E-state index is -0.320. The van der Waals surface area contributed by atoms with E-state index in [1.807, 2.05) is 19.9 Å². The minimum absolute atomic E-state index is 0.0567. The second-order valence-electron chi connectivity index (χ2n) is 4.49. The normalized spacial score (nSPS) is 10.7. The molecular formula is C14H11BrN4O2S. The van der Waals surface area contributed by atoms with Gasteiger partial charge in [-0.25, -0.2) is 4.98 Å². The van der Waals surface area contributed by atoms with Crippen LogP contribution >= 0.6 is 27.3 Å². The van der Waals surface area contributed by atoms with Gasteiger partial charge in [0.05, 0.1) is 16.3 Å². The summed E-state index contributed by atoms with van der Waals surface area (Å²) in [6, 6.07) is 7.16. The lowest BCUT2D eigenvalue weighted by atomic mass is 10.2. The number of amides is 1. The largest absolute Gasteiger partial charge is 0.402 e. The molecule has 2 heterocycles. The van der Waals surface area contributed by atoms with E-state index in [2.05, 4.69) is 36.4 Å². The number of hydrogen-bond donors (Lipinski definition) is 1. The fourth-order valence-electron chi connectivity index (χ4n) is 1.91. The van der Waals surface area contributed by atoms with Gasteiger partial charge in [0.1, 0.15) is 4.88 Å². The molecule has 1 amide bonds. The maximum atomic E-state index is 12.2. The molecule has 0 aliphatic rings. The number of nitrogens with zero attached hydrogens (tertiary/aromatic N) is 3. The average Bonchev–Trinajstić information content (AvgIpc) is 3.05. The van der Waals surface area contributed by atoms with Crippen LogP contribution in [0.25, 0.3) is 10.8 Å². The number of carbonyl (C=O) groups is 1. The smallest absolute Gasteiger partial charge is 0.322 e. The third kappa shape index (κ3) is 2.93. The Kier molecular flexibility index (Phi) is 4.04. The van der Waals surface area contributed by atoms with Crippen molar-refractivity contribution in [1.82, 2.24) is 15.2 Å². The Morgan fingerprint density at radius 2 is 2.05 bits per heavy atom. The standard InChI is InChI=1S/C14H11BrN4O2S/c1-7-11(22-8(2)16-7)13-18-19-14(21-13)17-12(20)9-5-3-4-6-10(9)15/h3-6H,1-2H3,(H,17,19,20). The Labute approximate surface area is 138 Å². The number of benzene rings is 1. The summed E-state index contributed by atoms with van der Waals surface area (Å²) in [6.45, 7) is 3.79. The van der Waals surface area contributed by atoms with Gasteiger partial charge in [-0.3, -0.25) is 10.1 Å². The van der Waals surface area contributed by atoms with E-state index in [0.717, 1.165) is 15.6 Å². The van der Waals surface area contributed by atoms with Crippen molar-refractivity contribution in [3.8, 4) is 10.8 Å². The predicted octanol–water partition coefficient (Wildman–Crippen LogP) is 3.82. The van der Waals surface area contributed by atoms with Crippen molar-refractivity contribution in [3.63, 3.8) is 0 Å². The number of nitrogens with one attached hydrogen (secondary N) is 1. The highest BCUT2D eigenvalue weighted by atomic mass is 79.9. The Balaban J connectivity index is 1.82. The first-order valence-corrected chi connectivity index (χ1v) is 7.99. The highest BCUT2D eigenvalue weighted by molar-refractivity contribution is 9.10. The lowest BCUT2D eigenvalue weighted by molar-refractivity contribution is 0.102. The number of rotatable bonds is 3. The van der Waals surface area contributed by atoms with Crippen LogP contribution in [0.1, 0.15) is 21.1 Å². The molecule has 0 radical (unpaired) electrons. The average molecular weight is 379 g/mol. The number of carbonyl (C=O) groups excluding carboxylic acids is 1. The molecule has 3 aromatic rings. The molecular weight excluding hydrogens is 368 g/mol. The van der Waals surface area contributed by atoms with Gasteiger partial charge in [-0.05, 0) is 41.9 Å². The molecule has 1 aromatic carbocycles. The summed E-state index contributed by atoms with van der Waals surface area (Å²) in [4.78, 5) is 17.3. The first-order chi connectivity index (χ1) is 10.5. The number of anilines is 1. The van der Waals surface area contributed by atoms with Crippen LogP contribution in [-0.2, 0) is 0 Å². The van der Waals surface area contributed by atoms with E-state index in [-0.39, 0.29) is 11.9 Å². The van der Waals surface area contributed by atoms with E-state index in [4.69, 9.17) is 4.42 Å². The van der Waals surface area contributed by atoms with Gasteiger partial charge < -0.3 is 4.42 Å². The summed E-state index contributed by atoms with van der Waals surface area (Å²) in [5.74, 6) is 0.0328. The van der Waals surface area contributed by atoms with Crippen LogP contribution in [0.2, 0.25) is 0 Å². The number of aryl methyl sites for hydroxylation is 2. The van der Waals surface area contributed by atoms with Crippen LogP contribution in [-0.4, -0.2) is 21.1 Å². The van der Waals surface area contributed by atoms with E-state index in [9.17, 15) is 4.79 Å². The fraction of sp³-hybridized carbons (Fsp3) is 0.143. The van der Waals surface area contributed by atoms with Crippen molar-refractivity contribution < 1.29 is 9.21 Å². The Morgan fingerprint density at radius 1 is 1.27 bits per heavy atom. The first kappa shape index (κ1) is 14.9. The summed E-state index contributed by atoms with van der Waals surface area (Å²) in [5, 5.41) is 11.3. The van der Waals surface area contributed by atoms with Crippen molar-refractivity contribution in [2.24, 2.45) is 0 Å². The van der Waals surface area contributed by atoms with Crippen LogP contribution < -0.4 is 5.32 Å². The molecule has 22 heavy (non-hydrogen) atoms. The topological polar surface area (TPSA) is 80.9 Å². The van der Waals surface area contributed by atoms with Crippen molar-refractivity contribution in [2.45, 2.75) is 13.8 Å². The zero-order valence-corrected chi connectivity index (χ0v) is 14.2. The quantitative estimate of drug-likeness (QED) is 0.748. The highest BCUT2D eigenvalue weighted by Gasteiger charge is 2.17. The monoisotopic (exact) mass is 378 g/mol. The molecule has 0 atom stereocenters. The molecule has 8 heteroatoms. The van der Waals surface area contributed by atoms with Gasteiger partial charge in [0, 0.05) is 4.47 Å². The van der Waals surface area contributed by atoms with Gasteiger partial charge in [0.25, 0.3) is 11.8 Å². The van der Waals surface area contributed by atoms with Crippen LogP contribution in [0.15, 0.2) is 33.2 Å². The zero-order valence-electron chi connectivity index (χ0n) is 11.8. The lowest BCUT2D eigenvalue weighted by Crippen LogP contribution is -2.12. The molecule has 6 nitrogen and oxygen atoms in total. The van der Waals surface area contributed by atoms with Crippen LogP contribution in [0.4, 0.5) is 6.01 Å². The number of thiazole rings is 1. The fourth-order valence-corrected chi connectivity index (χ4v) is 3.21. The molecule has 0 saturated heterocycles. The molecule has 3 rings (SSSR count). The second-order valence-corrected chi connectivity index (χ2v) is 6.55. The molecule has 0 spiro atoms. The molecule has 0 fully saturated rings. The van der Waals surface area contributed by atoms with E-state index in [0.29, 0.717) is 15.9 Å². The van der Waals surface area contributed by atoms with Gasteiger partial charge in [0.2, 0.25) is 0 Å². The van der Waals surface area contributed by atoms with Gasteiger partial charge in [-0.15, -0.1) is 16.4 Å². The third-order valence-electron chi connectivity index (χ3n) is 2.86. The summed E-state index contributed by atoms with van der Waals surface area (Å²) >= 11 is 4.80. The van der Waals surface area contributed by atoms with Crippen LogP contribution in [0.5, 0.6) is 0 Å². The third-order valence-corrected chi connectivity index (χ3v) is 4.61. The Morgan fingerprint density at radius 3 is 2.73 bits per heavy atom. The lowest BCUT2D eigenvalue weighted by Gasteiger charge is -2.02. The highest BCUT2D eigenvalue weighted by Crippen LogP contribution is 2.29. The minimum Gasteiger partial charge on any atom is -0.402 e. The summed E-state index contributed by atoms with van der Waals surface area (Å²) in [6.07, 6.45) is 0. The molecule has 1 N–H and O–H groups in total. The number of hydrogen-bond acceptors (Lipinski definition) is 6. The van der Waals surface area contributed by atoms with E-state index >= 15 is 0 Å². The van der Waals surface area contributed by atoms with Crippen molar-refractivity contribution in [2.75, 3.05) is 5.32 Å². The van der Waals surface area contributed by atoms with Gasteiger partial charge in [-0.2, -0.15) is 0 Å². The van der Waals surface area contributed by atoms with E-state index in [1.165, 1.54) is 11.3 Å². The Bertz CT molecular complexity index is 843. The molecule has 0 saturated carbocycles. The van der Waals surface area contributed by atoms with Gasteiger partial charge in [-0.1, -0.05) is 17.2 Å². The maximum absolute atomic E-state index is 12.2. The first-order valence-electron chi connectivity index (χ1n) is 6.38. The summed E-state index contributed by atoms with van der Waals surface area (Å²) in [5.41, 5.74) is 1.32. The molecule has 112 valence electrons. The van der Waals surface area contributed by atoms with Crippen molar-refractivity contribution in [3.05, 3.63) is 45.0 Å². The van der Waals surface area contributed by atoms with E-state index in [1.54, 1.807) is 18.2 Å². The SMILES string of the molecule is Cc1nc(C)c(-c2nnc(NC(=O)c3ccccc3Br)o2)s1. The molecule has 0 aliphatic carbocycles. The van der Waals surface area contributed by atoms with Crippen LogP contribution in [0, 0.1) is 13.8 Å². The second kappa shape index (κ2) is 5.98. The summed E-state index contributed by atoms with van der Waals surface area (Å²) < 4.78 is 6.19. The molecule has 0 aliphatic heterocycles. The zero-order chi connectivity index (χ0) is 15.7. The maximum Gasteiger partial charge on any atom is 0.322 e. The molecule has 0 bridgehead atoms. The van der Waals surface area contributed by atoms with Crippen molar-refractivity contribution in [1.29, 1.82) is 0 Å². The predicted molar refractivity (Wildman–Crippen MR) is 87.0 cm³/mol.